The number of phenols is 1. The van der Waals surface area contributed by atoms with Gasteiger partial charge in [0, 0.05) is 11.5 Å². The van der Waals surface area contributed by atoms with Crippen molar-refractivity contribution in [1.29, 1.82) is 5.26 Å². The van der Waals surface area contributed by atoms with E-state index in [0.717, 1.165) is 3.97 Å². The second-order valence-electron chi connectivity index (χ2n) is 5.88. The van der Waals surface area contributed by atoms with Gasteiger partial charge in [0.25, 0.3) is 10.0 Å². The van der Waals surface area contributed by atoms with Gasteiger partial charge in [0.05, 0.1) is 41.1 Å². The molecule has 0 unspecified atom stereocenters. The zero-order valence-corrected chi connectivity index (χ0v) is 14.7. The summed E-state index contributed by atoms with van der Waals surface area (Å²) in [6.07, 6.45) is 2.71. The van der Waals surface area contributed by atoms with Gasteiger partial charge in [0.15, 0.2) is 11.6 Å². The summed E-state index contributed by atoms with van der Waals surface area (Å²) in [6.45, 7) is 0. The van der Waals surface area contributed by atoms with Crippen LogP contribution in [0.4, 0.5) is 8.78 Å². The van der Waals surface area contributed by atoms with E-state index in [2.05, 4.69) is 9.97 Å². The summed E-state index contributed by atoms with van der Waals surface area (Å²) in [7, 11) is -4.62. The molecule has 0 spiro atoms. The third-order valence-corrected chi connectivity index (χ3v) is 5.91. The maximum Gasteiger partial charge on any atom is 0.272 e. The Balaban J connectivity index is 2.10. The molecule has 0 aliphatic carbocycles. The number of nitrogens with one attached hydrogen (secondary N) is 1. The van der Waals surface area contributed by atoms with Crippen molar-refractivity contribution in [2.75, 3.05) is 0 Å². The van der Waals surface area contributed by atoms with Gasteiger partial charge >= 0.3 is 0 Å². The number of aromatic amines is 1. The molecule has 2 aromatic carbocycles. The van der Waals surface area contributed by atoms with Crippen molar-refractivity contribution in [2.45, 2.75) is 4.90 Å². The first-order chi connectivity index (χ1) is 13.3. The Hall–Kier alpha value is -3.71. The van der Waals surface area contributed by atoms with Crippen LogP contribution in [0.1, 0.15) is 5.56 Å². The average molecular weight is 400 g/mol. The number of halogens is 2. The van der Waals surface area contributed by atoms with Gasteiger partial charge in [0.2, 0.25) is 0 Å². The predicted octanol–water partition coefficient (Wildman–Crippen LogP) is 3.12. The highest BCUT2D eigenvalue weighted by Gasteiger charge is 2.29. The number of phenolic OH excluding ortho intramolecular Hbond substituents is 1. The first-order valence-corrected chi connectivity index (χ1v) is 9.25. The molecule has 4 aromatic rings. The van der Waals surface area contributed by atoms with E-state index in [1.807, 2.05) is 6.07 Å². The highest BCUT2D eigenvalue weighted by molar-refractivity contribution is 7.90. The number of aromatic hydroxyl groups is 1. The van der Waals surface area contributed by atoms with E-state index in [-0.39, 0.29) is 11.2 Å². The largest absolute Gasteiger partial charge is 0.504 e. The number of aromatic nitrogens is 3. The Kier molecular flexibility index (Phi) is 3.90. The van der Waals surface area contributed by atoms with E-state index in [1.54, 1.807) is 0 Å². The van der Waals surface area contributed by atoms with Crippen LogP contribution in [0.5, 0.6) is 5.75 Å². The van der Waals surface area contributed by atoms with E-state index in [9.17, 15) is 22.3 Å². The van der Waals surface area contributed by atoms with E-state index >= 15 is 0 Å². The summed E-state index contributed by atoms with van der Waals surface area (Å²) >= 11 is 0. The van der Waals surface area contributed by atoms with E-state index < -0.39 is 32.3 Å². The van der Waals surface area contributed by atoms with Crippen LogP contribution in [0, 0.1) is 23.0 Å². The lowest BCUT2D eigenvalue weighted by molar-refractivity contribution is 0.411. The Morgan fingerprint density at radius 2 is 1.96 bits per heavy atom. The molecule has 0 saturated carbocycles. The van der Waals surface area contributed by atoms with Crippen molar-refractivity contribution in [3.8, 4) is 23.2 Å². The summed E-state index contributed by atoms with van der Waals surface area (Å²) in [5, 5.41) is 19.4. The van der Waals surface area contributed by atoms with Crippen LogP contribution < -0.4 is 0 Å². The molecule has 2 N–H and O–H groups in total. The monoisotopic (exact) mass is 400 g/mol. The maximum atomic E-state index is 13.8. The summed E-state index contributed by atoms with van der Waals surface area (Å²) in [4.78, 5) is 5.71. The van der Waals surface area contributed by atoms with Gasteiger partial charge in [-0.3, -0.25) is 0 Å². The number of fused-ring (bicyclic) bond motifs is 1. The maximum absolute atomic E-state index is 13.8. The number of benzene rings is 2. The van der Waals surface area contributed by atoms with Gasteiger partial charge in [-0.1, -0.05) is 0 Å². The number of nitriles is 1. The second-order valence-corrected chi connectivity index (χ2v) is 7.64. The molecule has 0 radical (unpaired) electrons. The molecule has 0 saturated heterocycles. The SMILES string of the molecule is N#Cc1ccc2c(c1)cc(-c1cnc[nH]1)n2S(=O)(=O)c1cc(F)cc(F)c1O. The van der Waals surface area contributed by atoms with Crippen LogP contribution in [-0.4, -0.2) is 27.5 Å². The first-order valence-electron chi connectivity index (χ1n) is 7.81. The molecule has 0 fully saturated rings. The van der Waals surface area contributed by atoms with Crippen molar-refractivity contribution in [3.05, 3.63) is 66.1 Å². The third-order valence-electron chi connectivity index (χ3n) is 4.17. The minimum absolute atomic E-state index is 0.117. The number of nitrogens with zero attached hydrogens (tertiary/aromatic N) is 3. The van der Waals surface area contributed by atoms with E-state index in [0.29, 0.717) is 28.8 Å². The van der Waals surface area contributed by atoms with Crippen molar-refractivity contribution < 1.29 is 22.3 Å². The molecule has 0 bridgehead atoms. The summed E-state index contributed by atoms with van der Waals surface area (Å²) < 4.78 is 54.9. The van der Waals surface area contributed by atoms with Crippen molar-refractivity contribution in [2.24, 2.45) is 0 Å². The summed E-state index contributed by atoms with van der Waals surface area (Å²) in [5.74, 6) is -3.74. The van der Waals surface area contributed by atoms with Crippen LogP contribution >= 0.6 is 0 Å². The second kappa shape index (κ2) is 6.17. The van der Waals surface area contributed by atoms with Gasteiger partial charge in [-0.25, -0.2) is 26.2 Å². The summed E-state index contributed by atoms with van der Waals surface area (Å²) in [6, 6.07) is 8.67. The number of hydrogen-bond donors (Lipinski definition) is 2. The standard InChI is InChI=1S/C18H10F2N4O3S/c19-12-5-13(20)18(25)17(6-12)28(26,27)24-15-2-1-10(7-21)3-11(15)4-16(24)14-8-22-9-23-14/h1-6,8-9,25H,(H,22,23). The fourth-order valence-electron chi connectivity index (χ4n) is 2.94. The molecule has 10 heteroatoms. The van der Waals surface area contributed by atoms with Gasteiger partial charge in [-0.05, 0) is 30.3 Å². The van der Waals surface area contributed by atoms with Gasteiger partial charge in [0.1, 0.15) is 10.7 Å². The van der Waals surface area contributed by atoms with Gasteiger partial charge < -0.3 is 10.1 Å². The van der Waals surface area contributed by atoms with Crippen LogP contribution in [0.3, 0.4) is 0 Å². The van der Waals surface area contributed by atoms with Crippen molar-refractivity contribution in [1.82, 2.24) is 13.9 Å². The van der Waals surface area contributed by atoms with Gasteiger partial charge in [-0.15, -0.1) is 0 Å². The Morgan fingerprint density at radius 3 is 2.64 bits per heavy atom. The van der Waals surface area contributed by atoms with Gasteiger partial charge in [-0.2, -0.15) is 5.26 Å². The smallest absolute Gasteiger partial charge is 0.272 e. The number of rotatable bonds is 3. The highest BCUT2D eigenvalue weighted by atomic mass is 32.2. The summed E-state index contributed by atoms with van der Waals surface area (Å²) in [5.41, 5.74) is 0.895. The number of imidazole rings is 1. The molecule has 2 heterocycles. The predicted molar refractivity (Wildman–Crippen MR) is 94.8 cm³/mol. The Bertz CT molecular complexity index is 1370. The van der Waals surface area contributed by atoms with E-state index in [1.165, 1.54) is 36.8 Å². The number of H-pyrrole nitrogens is 1. The fraction of sp³-hybridized carbons (Fsp3) is 0. The molecule has 28 heavy (non-hydrogen) atoms. The highest BCUT2D eigenvalue weighted by Crippen LogP contribution is 2.35. The number of hydrogen-bond acceptors (Lipinski definition) is 5. The molecule has 7 nitrogen and oxygen atoms in total. The normalized spacial score (nSPS) is 11.6. The molecular formula is C18H10F2N4O3S. The Labute approximate surface area is 157 Å². The van der Waals surface area contributed by atoms with Crippen molar-refractivity contribution in [3.63, 3.8) is 0 Å². The molecular weight excluding hydrogens is 390 g/mol. The van der Waals surface area contributed by atoms with Crippen molar-refractivity contribution >= 4 is 20.9 Å². The van der Waals surface area contributed by atoms with Crippen LogP contribution in [0.15, 0.2) is 53.8 Å². The lowest BCUT2D eigenvalue weighted by Crippen LogP contribution is -2.15. The molecule has 140 valence electrons. The quantitative estimate of drug-likeness (QED) is 0.549. The van der Waals surface area contributed by atoms with Crippen LogP contribution in [-0.2, 0) is 10.0 Å². The fourth-order valence-corrected chi connectivity index (χ4v) is 4.58. The lowest BCUT2D eigenvalue weighted by atomic mass is 10.2. The minimum atomic E-state index is -4.62. The molecule has 0 aliphatic rings. The minimum Gasteiger partial charge on any atom is -0.504 e. The van der Waals surface area contributed by atoms with E-state index in [4.69, 9.17) is 5.26 Å². The topological polar surface area (TPSA) is 112 Å². The van der Waals surface area contributed by atoms with Crippen LogP contribution in [0.2, 0.25) is 0 Å². The zero-order chi connectivity index (χ0) is 20.1. The molecule has 0 amide bonds. The average Bonchev–Trinajstić information content (AvgIpc) is 3.31. The molecule has 4 rings (SSSR count). The Morgan fingerprint density at radius 1 is 1.18 bits per heavy atom. The molecule has 0 aliphatic heterocycles. The third kappa shape index (κ3) is 2.60. The lowest BCUT2D eigenvalue weighted by Gasteiger charge is -2.13. The first kappa shape index (κ1) is 17.7. The van der Waals surface area contributed by atoms with Crippen LogP contribution in [0.25, 0.3) is 22.3 Å². The molecule has 0 atom stereocenters. The molecule has 2 aromatic heterocycles. The zero-order valence-electron chi connectivity index (χ0n) is 13.9.